The number of aromatic nitrogens is 1. The van der Waals surface area contributed by atoms with E-state index in [0.717, 1.165) is 28.0 Å². The Morgan fingerprint density at radius 3 is 2.40 bits per heavy atom. The van der Waals surface area contributed by atoms with Crippen molar-refractivity contribution in [3.8, 4) is 5.75 Å². The van der Waals surface area contributed by atoms with Crippen LogP contribution in [0.3, 0.4) is 0 Å². The van der Waals surface area contributed by atoms with Crippen LogP contribution in [0, 0.1) is 0 Å². The molecule has 0 saturated heterocycles. The van der Waals surface area contributed by atoms with E-state index < -0.39 is 0 Å². The molecule has 3 rings (SSSR count). The summed E-state index contributed by atoms with van der Waals surface area (Å²) in [6.07, 6.45) is 1.09. The molecule has 0 saturated carbocycles. The third-order valence-corrected chi connectivity index (χ3v) is 5.60. The fraction of sp³-hybridized carbons (Fsp3) is 0.348. The number of esters is 1. The van der Waals surface area contributed by atoms with E-state index in [1.165, 1.54) is 16.9 Å². The molecule has 0 aliphatic rings. The predicted octanol–water partition coefficient (Wildman–Crippen LogP) is 3.90. The first kappa shape index (κ1) is 21.8. The van der Waals surface area contributed by atoms with Gasteiger partial charge in [0.25, 0.3) is 5.91 Å². The summed E-state index contributed by atoms with van der Waals surface area (Å²) in [5, 5.41) is 0. The van der Waals surface area contributed by atoms with Gasteiger partial charge in [0.15, 0.2) is 4.80 Å². The number of fused-ring (bicyclic) bond motifs is 1. The second-order valence-corrected chi connectivity index (χ2v) is 7.70. The molecule has 0 aliphatic carbocycles. The number of hydrogen-bond donors (Lipinski definition) is 0. The van der Waals surface area contributed by atoms with Crippen molar-refractivity contribution >= 4 is 33.4 Å². The molecule has 0 N–H and O–H groups in total. The quantitative estimate of drug-likeness (QED) is 0.512. The zero-order valence-corrected chi connectivity index (χ0v) is 18.3. The lowest BCUT2D eigenvalue weighted by Gasteiger charge is -2.06. The molecule has 158 valence electrons. The lowest BCUT2D eigenvalue weighted by atomic mass is 10.1. The molecule has 0 atom stereocenters. The van der Waals surface area contributed by atoms with Gasteiger partial charge in [0.1, 0.15) is 12.3 Å². The summed E-state index contributed by atoms with van der Waals surface area (Å²) in [5.41, 5.74) is 2.93. The van der Waals surface area contributed by atoms with Crippen molar-refractivity contribution in [1.29, 1.82) is 0 Å². The van der Waals surface area contributed by atoms with Crippen LogP contribution in [0.1, 0.15) is 31.9 Å². The van der Waals surface area contributed by atoms with E-state index in [2.05, 4.69) is 18.0 Å². The number of ether oxygens (including phenoxy) is 2. The molecule has 0 unspecified atom stereocenters. The first-order valence-corrected chi connectivity index (χ1v) is 10.9. The van der Waals surface area contributed by atoms with Crippen LogP contribution in [0.25, 0.3) is 10.2 Å². The number of carbonyl (C=O) groups is 2. The second kappa shape index (κ2) is 10.2. The van der Waals surface area contributed by atoms with Crippen molar-refractivity contribution in [2.75, 3.05) is 13.2 Å². The Morgan fingerprint density at radius 2 is 1.73 bits per heavy atom. The summed E-state index contributed by atoms with van der Waals surface area (Å²) >= 11 is 1.41. The lowest BCUT2D eigenvalue weighted by Crippen LogP contribution is -2.23. The Morgan fingerprint density at radius 1 is 1.00 bits per heavy atom. The zero-order chi connectivity index (χ0) is 21.5. The average Bonchev–Trinajstić information content (AvgIpc) is 3.05. The summed E-state index contributed by atoms with van der Waals surface area (Å²) in [5.74, 6) is 0.158. The van der Waals surface area contributed by atoms with Crippen molar-refractivity contribution in [3.63, 3.8) is 0 Å². The summed E-state index contributed by atoms with van der Waals surface area (Å²) in [6, 6.07) is 13.5. The molecule has 1 aromatic heterocycles. The third-order valence-electron chi connectivity index (χ3n) is 4.56. The number of thiazole rings is 1. The molecule has 1 heterocycles. The van der Waals surface area contributed by atoms with Gasteiger partial charge in [-0.25, -0.2) is 0 Å². The molecule has 0 spiro atoms. The highest BCUT2D eigenvalue weighted by molar-refractivity contribution is 7.16. The van der Waals surface area contributed by atoms with Gasteiger partial charge >= 0.3 is 5.97 Å². The van der Waals surface area contributed by atoms with Crippen LogP contribution in [0.5, 0.6) is 5.75 Å². The van der Waals surface area contributed by atoms with Crippen molar-refractivity contribution in [2.45, 2.75) is 40.2 Å². The van der Waals surface area contributed by atoms with Crippen molar-refractivity contribution in [1.82, 2.24) is 4.57 Å². The van der Waals surface area contributed by atoms with Crippen LogP contribution in [0.15, 0.2) is 47.5 Å². The number of aryl methyl sites for hydroxylation is 1. The molecule has 7 heteroatoms. The van der Waals surface area contributed by atoms with E-state index in [-0.39, 0.29) is 24.8 Å². The molecular formula is C23H26N2O4S. The van der Waals surface area contributed by atoms with Crippen molar-refractivity contribution in [3.05, 3.63) is 58.4 Å². The maximum atomic E-state index is 12.6. The van der Waals surface area contributed by atoms with Crippen LogP contribution >= 0.6 is 11.3 Å². The molecule has 30 heavy (non-hydrogen) atoms. The van der Waals surface area contributed by atoms with Crippen LogP contribution in [0.2, 0.25) is 0 Å². The van der Waals surface area contributed by atoms with E-state index in [1.54, 1.807) is 11.5 Å². The zero-order valence-electron chi connectivity index (χ0n) is 17.5. The first-order valence-electron chi connectivity index (χ1n) is 10.1. The van der Waals surface area contributed by atoms with Gasteiger partial charge in [-0.05, 0) is 55.7 Å². The highest BCUT2D eigenvalue weighted by atomic mass is 32.1. The number of rotatable bonds is 8. The van der Waals surface area contributed by atoms with E-state index >= 15 is 0 Å². The van der Waals surface area contributed by atoms with E-state index in [1.807, 2.05) is 43.3 Å². The smallest absolute Gasteiger partial charge is 0.326 e. The highest BCUT2D eigenvalue weighted by Crippen LogP contribution is 2.20. The Kier molecular flexibility index (Phi) is 7.41. The van der Waals surface area contributed by atoms with Crippen LogP contribution in [-0.2, 0) is 33.7 Å². The summed E-state index contributed by atoms with van der Waals surface area (Å²) in [4.78, 5) is 29.6. The molecular weight excluding hydrogens is 400 g/mol. The summed E-state index contributed by atoms with van der Waals surface area (Å²) < 4.78 is 13.3. The molecule has 0 aliphatic heterocycles. The Hall–Kier alpha value is -2.93. The van der Waals surface area contributed by atoms with Gasteiger partial charge in [-0.1, -0.05) is 36.5 Å². The molecule has 6 nitrogen and oxygen atoms in total. The number of amides is 1. The summed E-state index contributed by atoms with van der Waals surface area (Å²) in [6.45, 7) is 6.72. The minimum absolute atomic E-state index is 0.0223. The number of hydrogen-bond acceptors (Lipinski definition) is 5. The van der Waals surface area contributed by atoms with Gasteiger partial charge < -0.3 is 14.0 Å². The van der Waals surface area contributed by atoms with Gasteiger partial charge in [-0.3, -0.25) is 9.59 Å². The molecule has 0 radical (unpaired) electrons. The van der Waals surface area contributed by atoms with Crippen LogP contribution in [0.4, 0.5) is 0 Å². The molecule has 2 aromatic carbocycles. The van der Waals surface area contributed by atoms with Gasteiger partial charge in [0, 0.05) is 0 Å². The van der Waals surface area contributed by atoms with E-state index in [4.69, 9.17) is 9.47 Å². The Labute approximate surface area is 179 Å². The minimum Gasteiger partial charge on any atom is -0.494 e. The topological polar surface area (TPSA) is 69.9 Å². The van der Waals surface area contributed by atoms with Crippen molar-refractivity contribution in [2.24, 2.45) is 4.99 Å². The standard InChI is InChI=1S/C23H26N2O4S/c1-4-16-9-12-19-20(13-16)30-23(25(19)15-22(27)29-6-3)24-21(26)14-17-7-10-18(11-8-17)28-5-2/h7-13H,4-6,14-15H2,1-3H3. The summed E-state index contributed by atoms with van der Waals surface area (Å²) in [7, 11) is 0. The maximum absolute atomic E-state index is 12.6. The molecule has 0 fully saturated rings. The van der Waals surface area contributed by atoms with Gasteiger partial charge in [0.05, 0.1) is 29.9 Å². The monoisotopic (exact) mass is 426 g/mol. The number of carbonyl (C=O) groups excluding carboxylic acids is 2. The number of nitrogens with zero attached hydrogens (tertiary/aromatic N) is 2. The molecule has 0 bridgehead atoms. The largest absolute Gasteiger partial charge is 0.494 e. The fourth-order valence-electron chi connectivity index (χ4n) is 3.10. The van der Waals surface area contributed by atoms with Crippen LogP contribution < -0.4 is 9.54 Å². The van der Waals surface area contributed by atoms with Gasteiger partial charge in [-0.2, -0.15) is 4.99 Å². The maximum Gasteiger partial charge on any atom is 0.326 e. The van der Waals surface area contributed by atoms with Gasteiger partial charge in [0.2, 0.25) is 0 Å². The lowest BCUT2D eigenvalue weighted by molar-refractivity contribution is -0.143. The third kappa shape index (κ3) is 5.36. The van der Waals surface area contributed by atoms with Crippen LogP contribution in [-0.4, -0.2) is 29.7 Å². The van der Waals surface area contributed by atoms with Crippen molar-refractivity contribution < 1.29 is 19.1 Å². The Balaban J connectivity index is 1.92. The Bertz CT molecular complexity index is 1100. The predicted molar refractivity (Wildman–Crippen MR) is 118 cm³/mol. The normalized spacial score (nSPS) is 11.6. The van der Waals surface area contributed by atoms with E-state index in [9.17, 15) is 9.59 Å². The SMILES string of the molecule is CCOC(=O)Cn1c(=NC(=O)Cc2ccc(OCC)cc2)sc2cc(CC)ccc21. The van der Waals surface area contributed by atoms with E-state index in [0.29, 0.717) is 18.0 Å². The fourth-order valence-corrected chi connectivity index (χ4v) is 4.21. The number of benzene rings is 2. The second-order valence-electron chi connectivity index (χ2n) is 6.69. The first-order chi connectivity index (χ1) is 14.5. The average molecular weight is 427 g/mol. The molecule has 1 amide bonds. The minimum atomic E-state index is -0.350. The van der Waals surface area contributed by atoms with Gasteiger partial charge in [-0.15, -0.1) is 0 Å². The highest BCUT2D eigenvalue weighted by Gasteiger charge is 2.13. The molecule has 3 aromatic rings.